The number of piperazine rings is 1. The lowest BCUT2D eigenvalue weighted by Crippen LogP contribution is -2.59. The Morgan fingerprint density at radius 3 is 2.68 bits per heavy atom. The molecule has 3 heteroatoms. The molecule has 0 spiro atoms. The third-order valence-electron chi connectivity index (χ3n) is 4.89. The molecule has 2 aliphatic rings. The highest BCUT2D eigenvalue weighted by atomic mass is 16.5. The summed E-state index contributed by atoms with van der Waals surface area (Å²) in [5, 5.41) is 3.79. The van der Waals surface area contributed by atoms with Crippen molar-refractivity contribution >= 4 is 0 Å². The summed E-state index contributed by atoms with van der Waals surface area (Å²) in [6.07, 6.45) is 7.55. The molecule has 0 radical (unpaired) electrons. The summed E-state index contributed by atoms with van der Waals surface area (Å²) in [5.74, 6) is 0.908. The van der Waals surface area contributed by atoms with Crippen molar-refractivity contribution in [3.63, 3.8) is 0 Å². The molecular weight excluding hydrogens is 236 g/mol. The van der Waals surface area contributed by atoms with E-state index in [1.807, 2.05) is 0 Å². The number of rotatable bonds is 5. The van der Waals surface area contributed by atoms with E-state index in [0.29, 0.717) is 18.2 Å². The summed E-state index contributed by atoms with van der Waals surface area (Å²) in [4.78, 5) is 2.64. The maximum Gasteiger partial charge on any atom is 0.0673 e. The van der Waals surface area contributed by atoms with E-state index in [0.717, 1.165) is 25.6 Å². The van der Waals surface area contributed by atoms with Gasteiger partial charge in [0.05, 0.1) is 6.10 Å². The van der Waals surface area contributed by atoms with Gasteiger partial charge in [0, 0.05) is 38.3 Å². The van der Waals surface area contributed by atoms with E-state index in [-0.39, 0.29) is 0 Å². The van der Waals surface area contributed by atoms with Gasteiger partial charge in [-0.1, -0.05) is 19.3 Å². The Balaban J connectivity index is 1.84. The van der Waals surface area contributed by atoms with Gasteiger partial charge in [-0.05, 0) is 39.5 Å². The van der Waals surface area contributed by atoms with Crippen molar-refractivity contribution < 1.29 is 4.74 Å². The van der Waals surface area contributed by atoms with Gasteiger partial charge in [-0.3, -0.25) is 4.90 Å². The monoisotopic (exact) mass is 268 g/mol. The Morgan fingerprint density at radius 2 is 2.00 bits per heavy atom. The molecule has 0 aromatic carbocycles. The molecule has 1 heterocycles. The van der Waals surface area contributed by atoms with Gasteiger partial charge < -0.3 is 10.1 Å². The molecule has 1 saturated carbocycles. The first-order chi connectivity index (χ1) is 9.20. The van der Waals surface area contributed by atoms with Crippen LogP contribution in [0, 0.1) is 5.92 Å². The van der Waals surface area contributed by atoms with Gasteiger partial charge in [0.1, 0.15) is 0 Å². The van der Waals surface area contributed by atoms with Crippen molar-refractivity contribution in [1.82, 2.24) is 10.2 Å². The van der Waals surface area contributed by atoms with Crippen LogP contribution in [0.2, 0.25) is 0 Å². The van der Waals surface area contributed by atoms with Crippen LogP contribution < -0.4 is 5.32 Å². The lowest BCUT2D eigenvalue weighted by molar-refractivity contribution is 0.0165. The van der Waals surface area contributed by atoms with Gasteiger partial charge in [-0.15, -0.1) is 0 Å². The van der Waals surface area contributed by atoms with E-state index in [2.05, 4.69) is 31.0 Å². The third kappa shape index (κ3) is 4.44. The van der Waals surface area contributed by atoms with Crippen molar-refractivity contribution in [2.24, 2.45) is 5.92 Å². The zero-order chi connectivity index (χ0) is 13.7. The van der Waals surface area contributed by atoms with Crippen molar-refractivity contribution in [3.05, 3.63) is 0 Å². The average molecular weight is 268 g/mol. The molecule has 3 unspecified atom stereocenters. The summed E-state index contributed by atoms with van der Waals surface area (Å²) in [5.41, 5.74) is 0. The van der Waals surface area contributed by atoms with Gasteiger partial charge in [0.2, 0.25) is 0 Å². The van der Waals surface area contributed by atoms with Crippen molar-refractivity contribution in [2.75, 3.05) is 26.2 Å². The van der Waals surface area contributed by atoms with Crippen LogP contribution in [-0.2, 0) is 4.74 Å². The summed E-state index contributed by atoms with van der Waals surface area (Å²) in [6, 6.07) is 1.35. The molecule has 0 bridgehead atoms. The van der Waals surface area contributed by atoms with Gasteiger partial charge in [0.15, 0.2) is 0 Å². The first-order valence-corrected chi connectivity index (χ1v) is 8.29. The van der Waals surface area contributed by atoms with Gasteiger partial charge in [-0.2, -0.15) is 0 Å². The number of nitrogens with zero attached hydrogens (tertiary/aromatic N) is 1. The second kappa shape index (κ2) is 7.61. The van der Waals surface area contributed by atoms with Crippen LogP contribution in [0.3, 0.4) is 0 Å². The summed E-state index contributed by atoms with van der Waals surface area (Å²) >= 11 is 0. The molecule has 2 rings (SSSR count). The minimum absolute atomic E-state index is 0.359. The smallest absolute Gasteiger partial charge is 0.0673 e. The molecule has 0 aromatic heterocycles. The van der Waals surface area contributed by atoms with Crippen LogP contribution in [0.5, 0.6) is 0 Å². The number of ether oxygens (including phenoxy) is 1. The lowest BCUT2D eigenvalue weighted by atomic mass is 9.82. The molecule has 19 heavy (non-hydrogen) atoms. The van der Waals surface area contributed by atoms with Crippen LogP contribution in [-0.4, -0.2) is 49.3 Å². The topological polar surface area (TPSA) is 24.5 Å². The molecule has 0 aromatic rings. The Hall–Kier alpha value is -0.120. The largest absolute Gasteiger partial charge is 0.377 e. The molecule has 1 saturated heterocycles. The minimum atomic E-state index is 0.359. The standard InChI is InChI=1S/C16H32N2O/c1-4-19-14(3)11-18-12-16(17-10-13(18)2)15-8-6-5-7-9-15/h13-17H,4-12H2,1-3H3. The second-order valence-electron chi connectivity index (χ2n) is 6.48. The van der Waals surface area contributed by atoms with Gasteiger partial charge >= 0.3 is 0 Å². The molecule has 2 fully saturated rings. The van der Waals surface area contributed by atoms with Gasteiger partial charge in [0.25, 0.3) is 0 Å². The van der Waals surface area contributed by atoms with Crippen LogP contribution in [0.25, 0.3) is 0 Å². The predicted octanol–water partition coefficient (Wildman–Crippen LogP) is 2.65. The van der Waals surface area contributed by atoms with E-state index in [4.69, 9.17) is 4.74 Å². The van der Waals surface area contributed by atoms with Crippen molar-refractivity contribution in [1.29, 1.82) is 0 Å². The Labute approximate surface area is 119 Å². The average Bonchev–Trinajstić information content (AvgIpc) is 2.42. The minimum Gasteiger partial charge on any atom is -0.377 e. The van der Waals surface area contributed by atoms with E-state index in [1.165, 1.54) is 38.6 Å². The molecule has 1 aliphatic carbocycles. The van der Waals surface area contributed by atoms with Crippen LogP contribution in [0.1, 0.15) is 52.9 Å². The van der Waals surface area contributed by atoms with E-state index >= 15 is 0 Å². The van der Waals surface area contributed by atoms with Crippen molar-refractivity contribution in [3.8, 4) is 0 Å². The van der Waals surface area contributed by atoms with Crippen LogP contribution in [0.15, 0.2) is 0 Å². The third-order valence-corrected chi connectivity index (χ3v) is 4.89. The van der Waals surface area contributed by atoms with Gasteiger partial charge in [-0.25, -0.2) is 0 Å². The highest BCUT2D eigenvalue weighted by Gasteiger charge is 2.31. The number of nitrogens with one attached hydrogen (secondary N) is 1. The highest BCUT2D eigenvalue weighted by molar-refractivity contribution is 4.89. The fourth-order valence-electron chi connectivity index (χ4n) is 3.72. The zero-order valence-corrected chi connectivity index (χ0v) is 13.0. The SMILES string of the molecule is CCOC(C)CN1CC(C2CCCCC2)NCC1C. The second-order valence-corrected chi connectivity index (χ2v) is 6.48. The number of hydrogen-bond donors (Lipinski definition) is 1. The summed E-state index contributed by atoms with van der Waals surface area (Å²) in [7, 11) is 0. The Bertz CT molecular complexity index is 253. The first kappa shape index (κ1) is 15.3. The quantitative estimate of drug-likeness (QED) is 0.829. The Morgan fingerprint density at radius 1 is 1.26 bits per heavy atom. The lowest BCUT2D eigenvalue weighted by Gasteiger charge is -2.43. The van der Waals surface area contributed by atoms with Crippen molar-refractivity contribution in [2.45, 2.75) is 71.1 Å². The molecule has 112 valence electrons. The fraction of sp³-hybridized carbons (Fsp3) is 1.00. The van der Waals surface area contributed by atoms with E-state index < -0.39 is 0 Å². The van der Waals surface area contributed by atoms with E-state index in [1.54, 1.807) is 0 Å². The number of hydrogen-bond acceptors (Lipinski definition) is 3. The molecular formula is C16H32N2O. The highest BCUT2D eigenvalue weighted by Crippen LogP contribution is 2.28. The fourth-order valence-corrected chi connectivity index (χ4v) is 3.72. The molecule has 1 N–H and O–H groups in total. The maximum atomic E-state index is 5.71. The zero-order valence-electron chi connectivity index (χ0n) is 13.0. The molecule has 1 aliphatic heterocycles. The summed E-state index contributed by atoms with van der Waals surface area (Å²) in [6.45, 7) is 10.9. The maximum absolute atomic E-state index is 5.71. The first-order valence-electron chi connectivity index (χ1n) is 8.29. The van der Waals surface area contributed by atoms with Crippen LogP contribution in [0.4, 0.5) is 0 Å². The molecule has 3 atom stereocenters. The molecule has 3 nitrogen and oxygen atoms in total. The summed E-state index contributed by atoms with van der Waals surface area (Å²) < 4.78 is 5.71. The molecule has 0 amide bonds. The predicted molar refractivity (Wildman–Crippen MR) is 80.5 cm³/mol. The van der Waals surface area contributed by atoms with E-state index in [9.17, 15) is 0 Å². The Kier molecular flexibility index (Phi) is 6.11. The normalized spacial score (nSPS) is 32.4. The van der Waals surface area contributed by atoms with Crippen LogP contribution >= 0.6 is 0 Å².